The minimum absolute atomic E-state index is 0.00324. The van der Waals surface area contributed by atoms with Gasteiger partial charge in [-0.05, 0) is 104 Å². The maximum absolute atomic E-state index is 13.7. The summed E-state index contributed by atoms with van der Waals surface area (Å²) in [5.41, 5.74) is 1.71. The average molecular weight is 537 g/mol. The van der Waals surface area contributed by atoms with Crippen molar-refractivity contribution in [3.05, 3.63) is 11.6 Å². The van der Waals surface area contributed by atoms with Crippen LogP contribution in [0, 0.1) is 62.6 Å². The third-order valence-electron chi connectivity index (χ3n) is 13.6. The minimum Gasteiger partial charge on any atom is -0.462 e. The molecule has 0 saturated heterocycles. The summed E-state index contributed by atoms with van der Waals surface area (Å²) >= 11 is 0. The molecule has 0 spiro atoms. The number of esters is 2. The molecule has 5 aliphatic carbocycles. The summed E-state index contributed by atoms with van der Waals surface area (Å²) in [6.07, 6.45) is 18.5. The number of fused-ring (bicyclic) bond motifs is 7. The minimum atomic E-state index is -0.438. The van der Waals surface area contributed by atoms with Gasteiger partial charge in [0.2, 0.25) is 0 Å². The van der Waals surface area contributed by atoms with Gasteiger partial charge in [-0.25, -0.2) is 0 Å². The first-order chi connectivity index (χ1) is 18.1. The molecule has 0 heterocycles. The number of carbonyl (C=O) groups excluding carboxylic acids is 2. The second kappa shape index (κ2) is 9.12. The molecule has 4 fully saturated rings. The predicted octanol–water partition coefficient (Wildman–Crippen LogP) is 7.90. The van der Waals surface area contributed by atoms with Crippen LogP contribution in [0.25, 0.3) is 0 Å². The second-order valence-electron chi connectivity index (χ2n) is 16.1. The number of allylic oxidation sites excluding steroid dienone is 2. The molecule has 5 rings (SSSR count). The molecule has 0 aromatic heterocycles. The van der Waals surface area contributed by atoms with Crippen LogP contribution in [0.2, 0.25) is 0 Å². The van der Waals surface area contributed by atoms with Crippen molar-refractivity contribution in [2.45, 2.75) is 126 Å². The van der Waals surface area contributed by atoms with E-state index in [0.717, 1.165) is 51.4 Å². The lowest BCUT2D eigenvalue weighted by atomic mass is 9.33. The van der Waals surface area contributed by atoms with E-state index in [2.05, 4.69) is 60.5 Å². The Morgan fingerprint density at radius 2 is 1.64 bits per heavy atom. The van der Waals surface area contributed by atoms with Crippen molar-refractivity contribution < 1.29 is 19.1 Å². The van der Waals surface area contributed by atoms with E-state index in [1.807, 2.05) is 0 Å². The normalized spacial score (nSPS) is 45.7. The Bertz CT molecular complexity index is 1110. The highest BCUT2D eigenvalue weighted by Crippen LogP contribution is 2.76. The Labute approximate surface area is 237 Å². The molecule has 0 N–H and O–H groups in total. The topological polar surface area (TPSA) is 52.6 Å². The summed E-state index contributed by atoms with van der Waals surface area (Å²) in [5, 5.41) is 0. The van der Waals surface area contributed by atoms with Crippen LogP contribution in [0.15, 0.2) is 11.6 Å². The van der Waals surface area contributed by atoms with Crippen LogP contribution in [0.1, 0.15) is 120 Å². The lowest BCUT2D eigenvalue weighted by Crippen LogP contribution is -2.65. The zero-order chi connectivity index (χ0) is 28.6. The van der Waals surface area contributed by atoms with Gasteiger partial charge in [0.15, 0.2) is 6.61 Å². The standard InChI is InChI=1S/C35H52O4/c1-10-21-38-29(37)35-19-17-30(3,4)22-25(35)24-11-12-27-32(7)15-14-28(39-23(2)36)31(5,6)26(32)13-16-34(27,9)33(24,8)18-20-35/h1,11,25-28H,12-22H2,2-9H3/t25-,26-,27+,28?,32-,33+,34+,35-/m0/s1. The monoisotopic (exact) mass is 536 g/mol. The van der Waals surface area contributed by atoms with Gasteiger partial charge in [0.1, 0.15) is 6.10 Å². The number of carbonyl (C=O) groups is 2. The largest absolute Gasteiger partial charge is 0.462 e. The molecule has 216 valence electrons. The SMILES string of the molecule is C#CCOC(=O)[C@]12CCC(C)(C)C[C@H]1C1=CC[C@@H]3[C@@]4(C)CCC(OC(C)=O)C(C)(C)[C@@H]4CC[C@@]3(C)[C@]1(C)CC2. The fourth-order valence-electron chi connectivity index (χ4n) is 11.2. The molecular weight excluding hydrogens is 484 g/mol. The van der Waals surface area contributed by atoms with Crippen LogP contribution in [-0.4, -0.2) is 24.6 Å². The van der Waals surface area contributed by atoms with Gasteiger partial charge in [0.05, 0.1) is 5.41 Å². The van der Waals surface area contributed by atoms with Gasteiger partial charge in [-0.1, -0.05) is 66.0 Å². The highest BCUT2D eigenvalue weighted by atomic mass is 16.5. The van der Waals surface area contributed by atoms with E-state index in [-0.39, 0.29) is 57.6 Å². The second-order valence-corrected chi connectivity index (χ2v) is 16.1. The average Bonchev–Trinajstić information content (AvgIpc) is 2.84. The summed E-state index contributed by atoms with van der Waals surface area (Å²) in [6.45, 7) is 18.7. The van der Waals surface area contributed by atoms with Crippen molar-refractivity contribution in [1.82, 2.24) is 0 Å². The third kappa shape index (κ3) is 3.99. The van der Waals surface area contributed by atoms with Crippen LogP contribution >= 0.6 is 0 Å². The smallest absolute Gasteiger partial charge is 0.313 e. The van der Waals surface area contributed by atoms with E-state index >= 15 is 0 Å². The zero-order valence-electron chi connectivity index (χ0n) is 25.9. The zero-order valence-corrected chi connectivity index (χ0v) is 25.9. The first kappa shape index (κ1) is 28.8. The molecule has 1 unspecified atom stereocenters. The molecule has 0 aliphatic heterocycles. The molecule has 0 radical (unpaired) electrons. The Balaban J connectivity index is 1.54. The van der Waals surface area contributed by atoms with Crippen molar-refractivity contribution in [3.63, 3.8) is 0 Å². The molecule has 5 aliphatic rings. The molecule has 4 nitrogen and oxygen atoms in total. The summed E-state index contributed by atoms with van der Waals surface area (Å²) in [4.78, 5) is 25.6. The van der Waals surface area contributed by atoms with Crippen molar-refractivity contribution in [3.8, 4) is 12.3 Å². The molecule has 4 heteroatoms. The van der Waals surface area contributed by atoms with Gasteiger partial charge in [-0.2, -0.15) is 0 Å². The fourth-order valence-corrected chi connectivity index (χ4v) is 11.2. The quantitative estimate of drug-likeness (QED) is 0.209. The number of hydrogen-bond acceptors (Lipinski definition) is 4. The summed E-state index contributed by atoms with van der Waals surface area (Å²) in [6, 6.07) is 0. The van der Waals surface area contributed by atoms with Gasteiger partial charge in [-0.3, -0.25) is 9.59 Å². The fraction of sp³-hybridized carbons (Fsp3) is 0.829. The lowest BCUT2D eigenvalue weighted by Gasteiger charge is -2.71. The van der Waals surface area contributed by atoms with Gasteiger partial charge in [-0.15, -0.1) is 6.42 Å². The molecular formula is C35H52O4. The molecule has 0 aromatic carbocycles. The Morgan fingerprint density at radius 1 is 0.949 bits per heavy atom. The first-order valence-electron chi connectivity index (χ1n) is 15.6. The van der Waals surface area contributed by atoms with E-state index in [1.54, 1.807) is 12.5 Å². The van der Waals surface area contributed by atoms with E-state index in [4.69, 9.17) is 15.9 Å². The Morgan fingerprint density at radius 3 is 2.31 bits per heavy atom. The van der Waals surface area contributed by atoms with Crippen molar-refractivity contribution >= 4 is 11.9 Å². The van der Waals surface area contributed by atoms with Gasteiger partial charge < -0.3 is 9.47 Å². The van der Waals surface area contributed by atoms with Crippen LogP contribution in [-0.2, 0) is 19.1 Å². The van der Waals surface area contributed by atoms with Crippen LogP contribution in [0.5, 0.6) is 0 Å². The predicted molar refractivity (Wildman–Crippen MR) is 154 cm³/mol. The van der Waals surface area contributed by atoms with E-state index in [1.165, 1.54) is 12.8 Å². The lowest BCUT2D eigenvalue weighted by molar-refractivity contribution is -0.213. The van der Waals surface area contributed by atoms with Crippen LogP contribution in [0.3, 0.4) is 0 Å². The van der Waals surface area contributed by atoms with E-state index < -0.39 is 5.41 Å². The van der Waals surface area contributed by atoms with Crippen LogP contribution < -0.4 is 0 Å². The Kier molecular flexibility index (Phi) is 6.73. The van der Waals surface area contributed by atoms with E-state index in [0.29, 0.717) is 11.8 Å². The van der Waals surface area contributed by atoms with Crippen molar-refractivity contribution in [2.24, 2.45) is 50.2 Å². The van der Waals surface area contributed by atoms with Crippen molar-refractivity contribution in [1.29, 1.82) is 0 Å². The highest BCUT2D eigenvalue weighted by molar-refractivity contribution is 5.79. The molecule has 0 aromatic rings. The molecule has 39 heavy (non-hydrogen) atoms. The van der Waals surface area contributed by atoms with Crippen LogP contribution in [0.4, 0.5) is 0 Å². The summed E-state index contributed by atoms with van der Waals surface area (Å²) in [7, 11) is 0. The van der Waals surface area contributed by atoms with Gasteiger partial charge in [0, 0.05) is 12.3 Å². The van der Waals surface area contributed by atoms with E-state index in [9.17, 15) is 9.59 Å². The molecule has 4 saturated carbocycles. The van der Waals surface area contributed by atoms with Gasteiger partial charge >= 0.3 is 11.9 Å². The van der Waals surface area contributed by atoms with Crippen molar-refractivity contribution in [2.75, 3.05) is 6.61 Å². The maximum atomic E-state index is 13.7. The Hall–Kier alpha value is -1.76. The number of hydrogen-bond donors (Lipinski definition) is 0. The molecule has 0 bridgehead atoms. The van der Waals surface area contributed by atoms with Gasteiger partial charge in [0.25, 0.3) is 0 Å². The third-order valence-corrected chi connectivity index (χ3v) is 13.6. The summed E-state index contributed by atoms with van der Waals surface area (Å²) in [5.74, 6) is 3.63. The number of ether oxygens (including phenoxy) is 2. The number of terminal acetylenes is 1. The number of rotatable bonds is 3. The first-order valence-corrected chi connectivity index (χ1v) is 15.6. The maximum Gasteiger partial charge on any atom is 0.313 e. The highest BCUT2D eigenvalue weighted by Gasteiger charge is 2.69. The molecule has 0 amide bonds. The summed E-state index contributed by atoms with van der Waals surface area (Å²) < 4.78 is 11.6. The molecule has 8 atom stereocenters.